The van der Waals surface area contributed by atoms with Crippen molar-refractivity contribution >= 4 is 34.9 Å². The molecule has 0 aliphatic carbocycles. The Bertz CT molecular complexity index is 913. The maximum Gasteiger partial charge on any atom is 0.147 e. The van der Waals surface area contributed by atoms with Crippen LogP contribution in [-0.2, 0) is 4.74 Å². The average molecular weight is 460 g/mol. The lowest BCUT2D eigenvalue weighted by Gasteiger charge is -2.41. The van der Waals surface area contributed by atoms with Crippen molar-refractivity contribution in [2.24, 2.45) is 11.1 Å². The van der Waals surface area contributed by atoms with E-state index in [9.17, 15) is 0 Å². The number of anilines is 2. The number of piperidine rings is 1. The van der Waals surface area contributed by atoms with E-state index in [0.717, 1.165) is 72.1 Å². The van der Waals surface area contributed by atoms with Gasteiger partial charge < -0.3 is 20.3 Å². The Labute approximate surface area is 193 Å². The molecule has 2 aromatic rings. The first-order chi connectivity index (χ1) is 15.1. The van der Waals surface area contributed by atoms with Crippen LogP contribution in [0, 0.1) is 5.41 Å². The maximum atomic E-state index is 6.73. The molecule has 0 saturated carbocycles. The molecule has 3 fully saturated rings. The summed E-state index contributed by atoms with van der Waals surface area (Å²) in [6, 6.07) is 6.36. The molecule has 3 aliphatic rings. The van der Waals surface area contributed by atoms with Gasteiger partial charge in [0.15, 0.2) is 0 Å². The third-order valence-electron chi connectivity index (χ3n) is 7.15. The van der Waals surface area contributed by atoms with E-state index in [4.69, 9.17) is 27.1 Å². The van der Waals surface area contributed by atoms with E-state index in [2.05, 4.69) is 39.9 Å². The lowest BCUT2D eigenvalue weighted by molar-refractivity contribution is 0.0974. The molecule has 5 rings (SSSR count). The zero-order valence-corrected chi connectivity index (χ0v) is 19.5. The zero-order valence-electron chi connectivity index (χ0n) is 18.0. The van der Waals surface area contributed by atoms with Crippen LogP contribution < -0.4 is 15.5 Å². The first-order valence-corrected chi connectivity index (χ1v) is 12.4. The third-order valence-corrected chi connectivity index (χ3v) is 8.64. The van der Waals surface area contributed by atoms with Gasteiger partial charge in [-0.3, -0.25) is 0 Å². The molecule has 166 valence electrons. The smallest absolute Gasteiger partial charge is 0.147 e. The van der Waals surface area contributed by atoms with Crippen LogP contribution in [0.4, 0.5) is 11.5 Å². The van der Waals surface area contributed by atoms with Gasteiger partial charge in [0.1, 0.15) is 10.8 Å². The number of rotatable bonds is 4. The van der Waals surface area contributed by atoms with Crippen molar-refractivity contribution in [3.8, 4) is 0 Å². The lowest BCUT2D eigenvalue weighted by atomic mass is 9.73. The van der Waals surface area contributed by atoms with Crippen LogP contribution in [0.1, 0.15) is 32.6 Å². The van der Waals surface area contributed by atoms with Crippen LogP contribution in [0.5, 0.6) is 0 Å². The molecule has 1 spiro atoms. The monoisotopic (exact) mass is 459 g/mol. The van der Waals surface area contributed by atoms with Gasteiger partial charge in [0.05, 0.1) is 35.8 Å². The normalized spacial score (nSPS) is 25.5. The predicted octanol–water partition coefficient (Wildman–Crippen LogP) is 4.21. The molecule has 3 aliphatic heterocycles. The summed E-state index contributed by atoms with van der Waals surface area (Å²) in [5.41, 5.74) is 7.69. The average Bonchev–Trinajstić information content (AvgIpc) is 3.42. The summed E-state index contributed by atoms with van der Waals surface area (Å²) < 4.78 is 5.83. The summed E-state index contributed by atoms with van der Waals surface area (Å²) in [5, 5.41) is 1.67. The van der Waals surface area contributed by atoms with Crippen molar-refractivity contribution in [1.29, 1.82) is 0 Å². The Balaban J connectivity index is 1.24. The molecule has 0 radical (unpaired) electrons. The molecule has 2 N–H and O–H groups in total. The number of nitrogens with two attached hydrogens (primary N) is 1. The quantitative estimate of drug-likeness (QED) is 0.734. The summed E-state index contributed by atoms with van der Waals surface area (Å²) in [6.45, 7) is 6.90. The van der Waals surface area contributed by atoms with E-state index in [1.807, 2.05) is 12.4 Å². The molecule has 1 aromatic carbocycles. The first kappa shape index (κ1) is 21.3. The van der Waals surface area contributed by atoms with Crippen molar-refractivity contribution in [3.63, 3.8) is 0 Å². The summed E-state index contributed by atoms with van der Waals surface area (Å²) in [4.78, 5) is 15.1. The highest BCUT2D eigenvalue weighted by Gasteiger charge is 2.47. The highest BCUT2D eigenvalue weighted by molar-refractivity contribution is 7.99. The molecular formula is C23H30ClN5OS. The summed E-state index contributed by atoms with van der Waals surface area (Å²) in [5.74, 6) is 0.927. The van der Waals surface area contributed by atoms with Crippen molar-refractivity contribution in [2.45, 2.75) is 54.7 Å². The van der Waals surface area contributed by atoms with Crippen molar-refractivity contribution in [3.05, 3.63) is 35.6 Å². The molecule has 3 saturated heterocycles. The van der Waals surface area contributed by atoms with Gasteiger partial charge in [-0.25, -0.2) is 9.97 Å². The molecule has 4 heterocycles. The number of hydrogen-bond donors (Lipinski definition) is 1. The summed E-state index contributed by atoms with van der Waals surface area (Å²) in [6.07, 6.45) is 8.43. The van der Waals surface area contributed by atoms with Gasteiger partial charge in [0, 0.05) is 42.5 Å². The SMILES string of the molecule is C[C@@H]1OCC2(CCN(c3cnc(Sc4cccc(N5CCCC5)c4Cl)cn3)CC2)[C@@H]1N. The van der Waals surface area contributed by atoms with Crippen molar-refractivity contribution < 1.29 is 4.74 Å². The molecule has 0 unspecified atom stereocenters. The van der Waals surface area contributed by atoms with Gasteiger partial charge in [-0.2, -0.15) is 0 Å². The minimum absolute atomic E-state index is 0.121. The standard InChI is InChI=1S/C23H30ClN5OS/c1-16-22(25)23(15-30-16)7-11-29(12-8-23)19-13-27-20(14-26-19)31-18-6-4-5-17(21(18)24)28-9-2-3-10-28/h4-6,13-14,16,22H,2-3,7-12,15,25H2,1H3/t16-,22+/m0/s1. The predicted molar refractivity (Wildman–Crippen MR) is 126 cm³/mol. The highest BCUT2D eigenvalue weighted by atomic mass is 35.5. The minimum Gasteiger partial charge on any atom is -0.376 e. The fourth-order valence-electron chi connectivity index (χ4n) is 5.07. The first-order valence-electron chi connectivity index (χ1n) is 11.2. The number of hydrogen-bond acceptors (Lipinski definition) is 7. The van der Waals surface area contributed by atoms with E-state index in [1.54, 1.807) is 11.8 Å². The van der Waals surface area contributed by atoms with Crippen LogP contribution in [-0.4, -0.2) is 54.9 Å². The Hall–Kier alpha value is -1.54. The van der Waals surface area contributed by atoms with Crippen LogP contribution in [0.25, 0.3) is 0 Å². The molecular weight excluding hydrogens is 430 g/mol. The molecule has 1 aromatic heterocycles. The summed E-state index contributed by atoms with van der Waals surface area (Å²) in [7, 11) is 0. The maximum absolute atomic E-state index is 6.73. The number of nitrogens with zero attached hydrogens (tertiary/aromatic N) is 4. The third kappa shape index (κ3) is 4.13. The van der Waals surface area contributed by atoms with Crippen molar-refractivity contribution in [2.75, 3.05) is 42.6 Å². The summed E-state index contributed by atoms with van der Waals surface area (Å²) >= 11 is 8.31. The second kappa shape index (κ2) is 8.77. The fourth-order valence-corrected chi connectivity index (χ4v) is 6.21. The van der Waals surface area contributed by atoms with Crippen LogP contribution >= 0.6 is 23.4 Å². The van der Waals surface area contributed by atoms with E-state index < -0.39 is 0 Å². The highest BCUT2D eigenvalue weighted by Crippen LogP contribution is 2.42. The van der Waals surface area contributed by atoms with Crippen LogP contribution in [0.2, 0.25) is 5.02 Å². The number of halogens is 1. The number of benzene rings is 1. The second-order valence-corrected chi connectivity index (χ2v) is 10.4. The van der Waals surface area contributed by atoms with E-state index in [-0.39, 0.29) is 17.6 Å². The fraction of sp³-hybridized carbons (Fsp3) is 0.565. The van der Waals surface area contributed by atoms with E-state index in [0.29, 0.717) is 0 Å². The number of ether oxygens (including phenoxy) is 1. The molecule has 8 heteroatoms. The van der Waals surface area contributed by atoms with Gasteiger partial charge in [-0.05, 0) is 44.7 Å². The van der Waals surface area contributed by atoms with Crippen LogP contribution in [0.15, 0.2) is 40.5 Å². The Morgan fingerprint density at radius 2 is 1.87 bits per heavy atom. The van der Waals surface area contributed by atoms with Gasteiger partial charge >= 0.3 is 0 Å². The lowest BCUT2D eigenvalue weighted by Crippen LogP contribution is -2.50. The Morgan fingerprint density at radius 1 is 1.10 bits per heavy atom. The Morgan fingerprint density at radius 3 is 2.52 bits per heavy atom. The van der Waals surface area contributed by atoms with Gasteiger partial charge in [-0.15, -0.1) is 0 Å². The minimum atomic E-state index is 0.121. The van der Waals surface area contributed by atoms with Gasteiger partial charge in [0.2, 0.25) is 0 Å². The van der Waals surface area contributed by atoms with E-state index >= 15 is 0 Å². The topological polar surface area (TPSA) is 67.5 Å². The number of aromatic nitrogens is 2. The van der Waals surface area contributed by atoms with Gasteiger partial charge in [-0.1, -0.05) is 29.4 Å². The zero-order chi connectivity index (χ0) is 21.4. The van der Waals surface area contributed by atoms with E-state index in [1.165, 1.54) is 12.8 Å². The molecule has 6 nitrogen and oxygen atoms in total. The second-order valence-electron chi connectivity index (χ2n) is 8.99. The Kier molecular flexibility index (Phi) is 6.03. The molecule has 0 bridgehead atoms. The van der Waals surface area contributed by atoms with Crippen LogP contribution in [0.3, 0.4) is 0 Å². The molecule has 0 amide bonds. The largest absolute Gasteiger partial charge is 0.376 e. The molecule has 31 heavy (non-hydrogen) atoms. The van der Waals surface area contributed by atoms with Crippen molar-refractivity contribution in [1.82, 2.24) is 9.97 Å². The van der Waals surface area contributed by atoms with Gasteiger partial charge in [0.25, 0.3) is 0 Å². The molecule has 2 atom stereocenters.